The van der Waals surface area contributed by atoms with Crippen LogP contribution in [-0.2, 0) is 9.59 Å². The summed E-state index contributed by atoms with van der Waals surface area (Å²) in [6, 6.07) is 4.71. The van der Waals surface area contributed by atoms with Crippen LogP contribution in [0, 0.1) is 6.92 Å². The van der Waals surface area contributed by atoms with E-state index in [-0.39, 0.29) is 11.8 Å². The van der Waals surface area contributed by atoms with Crippen molar-refractivity contribution in [2.45, 2.75) is 51.5 Å². The maximum Gasteiger partial charge on any atom is 0.313 e. The molecule has 0 spiro atoms. The van der Waals surface area contributed by atoms with Gasteiger partial charge in [-0.3, -0.25) is 9.59 Å². The second-order valence-corrected chi connectivity index (χ2v) is 5.62. The Labute approximate surface area is 124 Å². The number of aromatic hydroxyl groups is 1. The molecule has 0 aromatic heterocycles. The van der Waals surface area contributed by atoms with Gasteiger partial charge in [-0.25, -0.2) is 0 Å². The molecule has 0 unspecified atom stereocenters. The van der Waals surface area contributed by atoms with Crippen molar-refractivity contribution in [2.75, 3.05) is 5.32 Å². The quantitative estimate of drug-likeness (QED) is 0.445. The molecule has 114 valence electrons. The summed E-state index contributed by atoms with van der Waals surface area (Å²) >= 11 is 0. The molecule has 1 aliphatic carbocycles. The van der Waals surface area contributed by atoms with Crippen LogP contribution in [0.2, 0.25) is 0 Å². The number of carbonyl (C=O) groups excluding carboxylic acids is 2. The number of hydrogen-bond acceptors (Lipinski definition) is 3. The zero-order chi connectivity index (χ0) is 15.2. The fourth-order valence-electron chi connectivity index (χ4n) is 2.64. The lowest BCUT2D eigenvalue weighted by atomic mass is 10.1. The van der Waals surface area contributed by atoms with Gasteiger partial charge >= 0.3 is 11.8 Å². The summed E-state index contributed by atoms with van der Waals surface area (Å²) in [7, 11) is 0. The molecular weight excluding hydrogens is 268 g/mol. The Kier molecular flexibility index (Phi) is 5.20. The highest BCUT2D eigenvalue weighted by atomic mass is 16.3. The van der Waals surface area contributed by atoms with E-state index in [1.165, 1.54) is 18.9 Å². The van der Waals surface area contributed by atoms with Gasteiger partial charge in [-0.05, 0) is 43.5 Å². The molecule has 1 saturated carbocycles. The minimum Gasteiger partial charge on any atom is -0.508 e. The Hall–Kier alpha value is -2.04. The van der Waals surface area contributed by atoms with Gasteiger partial charge in [0.15, 0.2) is 0 Å². The molecule has 0 aliphatic heterocycles. The monoisotopic (exact) mass is 290 g/mol. The van der Waals surface area contributed by atoms with Gasteiger partial charge in [-0.2, -0.15) is 0 Å². The number of nitrogens with one attached hydrogen (secondary N) is 2. The molecule has 5 heteroatoms. The normalized spacial score (nSPS) is 16.0. The first-order chi connectivity index (χ1) is 10.1. The third kappa shape index (κ3) is 4.48. The Morgan fingerprint density at radius 3 is 2.38 bits per heavy atom. The third-order valence-corrected chi connectivity index (χ3v) is 3.85. The highest BCUT2D eigenvalue weighted by Gasteiger charge is 2.20. The van der Waals surface area contributed by atoms with Crippen molar-refractivity contribution in [1.29, 1.82) is 0 Å². The Bertz CT molecular complexity index is 520. The number of aryl methyl sites for hydroxylation is 1. The molecule has 3 N–H and O–H groups in total. The molecule has 0 atom stereocenters. The van der Waals surface area contributed by atoms with Crippen molar-refractivity contribution in [2.24, 2.45) is 0 Å². The van der Waals surface area contributed by atoms with Crippen molar-refractivity contribution in [1.82, 2.24) is 5.32 Å². The van der Waals surface area contributed by atoms with Gasteiger partial charge < -0.3 is 15.7 Å². The highest BCUT2D eigenvalue weighted by molar-refractivity contribution is 6.39. The first kappa shape index (κ1) is 15.4. The predicted molar refractivity (Wildman–Crippen MR) is 81.1 cm³/mol. The third-order valence-electron chi connectivity index (χ3n) is 3.85. The smallest absolute Gasteiger partial charge is 0.313 e. The summed E-state index contributed by atoms with van der Waals surface area (Å²) in [5.74, 6) is -1.11. The SMILES string of the molecule is Cc1cc(O)ccc1NC(=O)C(=O)NC1CCCCCC1. The highest BCUT2D eigenvalue weighted by Crippen LogP contribution is 2.20. The number of anilines is 1. The van der Waals surface area contributed by atoms with Crippen LogP contribution in [0.15, 0.2) is 18.2 Å². The molecule has 2 amide bonds. The number of hydrogen-bond donors (Lipinski definition) is 3. The predicted octanol–water partition coefficient (Wildman–Crippen LogP) is 2.48. The van der Waals surface area contributed by atoms with Crippen LogP contribution in [0.1, 0.15) is 44.1 Å². The van der Waals surface area contributed by atoms with Crippen molar-refractivity contribution >= 4 is 17.5 Å². The minimum atomic E-state index is -0.659. The van der Waals surface area contributed by atoms with E-state index in [1.54, 1.807) is 19.1 Å². The van der Waals surface area contributed by atoms with Gasteiger partial charge in [-0.1, -0.05) is 25.7 Å². The van der Waals surface area contributed by atoms with Gasteiger partial charge in [0.05, 0.1) is 0 Å². The molecule has 0 saturated heterocycles. The van der Waals surface area contributed by atoms with E-state index < -0.39 is 11.8 Å². The Morgan fingerprint density at radius 1 is 1.10 bits per heavy atom. The average Bonchev–Trinajstić information content (AvgIpc) is 2.70. The summed E-state index contributed by atoms with van der Waals surface area (Å²) in [6.45, 7) is 1.76. The van der Waals surface area contributed by atoms with Crippen LogP contribution < -0.4 is 10.6 Å². The fraction of sp³-hybridized carbons (Fsp3) is 0.500. The van der Waals surface area contributed by atoms with E-state index >= 15 is 0 Å². The molecule has 1 aliphatic rings. The molecule has 0 radical (unpaired) electrons. The number of carbonyl (C=O) groups is 2. The minimum absolute atomic E-state index is 0.103. The van der Waals surface area contributed by atoms with Gasteiger partial charge in [0.2, 0.25) is 0 Å². The van der Waals surface area contributed by atoms with Crippen LogP contribution in [0.25, 0.3) is 0 Å². The summed E-state index contributed by atoms with van der Waals surface area (Å²) in [6.07, 6.45) is 6.48. The topological polar surface area (TPSA) is 78.4 Å². The maximum absolute atomic E-state index is 11.9. The molecule has 0 bridgehead atoms. The van der Waals surface area contributed by atoms with Crippen LogP contribution in [0.4, 0.5) is 5.69 Å². The van der Waals surface area contributed by atoms with Crippen molar-refractivity contribution in [3.05, 3.63) is 23.8 Å². The molecule has 1 aromatic carbocycles. The van der Waals surface area contributed by atoms with Gasteiger partial charge in [0.25, 0.3) is 0 Å². The molecule has 1 fully saturated rings. The lowest BCUT2D eigenvalue weighted by Crippen LogP contribution is -2.41. The Morgan fingerprint density at radius 2 is 1.76 bits per heavy atom. The lowest BCUT2D eigenvalue weighted by molar-refractivity contribution is -0.136. The molecule has 0 heterocycles. The first-order valence-corrected chi connectivity index (χ1v) is 7.48. The number of rotatable bonds is 2. The lowest BCUT2D eigenvalue weighted by Gasteiger charge is -2.16. The number of phenolic OH excluding ortho intramolecular Hbond substituents is 1. The second-order valence-electron chi connectivity index (χ2n) is 5.62. The van der Waals surface area contributed by atoms with Crippen LogP contribution in [-0.4, -0.2) is 23.0 Å². The second kappa shape index (κ2) is 7.11. The van der Waals surface area contributed by atoms with Crippen LogP contribution in [0.3, 0.4) is 0 Å². The molecule has 5 nitrogen and oxygen atoms in total. The van der Waals surface area contributed by atoms with Crippen LogP contribution in [0.5, 0.6) is 5.75 Å². The van der Waals surface area contributed by atoms with Gasteiger partial charge in [0, 0.05) is 11.7 Å². The number of phenols is 1. The van der Waals surface area contributed by atoms with E-state index in [2.05, 4.69) is 10.6 Å². The maximum atomic E-state index is 11.9. The summed E-state index contributed by atoms with van der Waals surface area (Å²) < 4.78 is 0. The zero-order valence-electron chi connectivity index (χ0n) is 12.3. The molecular formula is C16H22N2O3. The van der Waals surface area contributed by atoms with E-state index in [0.29, 0.717) is 11.3 Å². The number of benzene rings is 1. The molecule has 2 rings (SSSR count). The van der Waals surface area contributed by atoms with E-state index in [9.17, 15) is 14.7 Å². The van der Waals surface area contributed by atoms with E-state index in [1.807, 2.05) is 0 Å². The summed E-state index contributed by atoms with van der Waals surface area (Å²) in [4.78, 5) is 23.9. The average molecular weight is 290 g/mol. The van der Waals surface area contributed by atoms with Crippen molar-refractivity contribution in [3.63, 3.8) is 0 Å². The molecule has 21 heavy (non-hydrogen) atoms. The number of amides is 2. The van der Waals surface area contributed by atoms with Gasteiger partial charge in [-0.15, -0.1) is 0 Å². The standard InChI is InChI=1S/C16H22N2O3/c1-11-10-13(19)8-9-14(11)18-16(21)15(20)17-12-6-4-2-3-5-7-12/h8-10,12,19H,2-7H2,1H3,(H,17,20)(H,18,21). The Balaban J connectivity index is 1.91. The van der Waals surface area contributed by atoms with Crippen molar-refractivity contribution in [3.8, 4) is 5.75 Å². The zero-order valence-corrected chi connectivity index (χ0v) is 12.3. The summed E-state index contributed by atoms with van der Waals surface area (Å²) in [5, 5.41) is 14.7. The largest absolute Gasteiger partial charge is 0.508 e. The summed E-state index contributed by atoms with van der Waals surface area (Å²) in [5.41, 5.74) is 1.25. The first-order valence-electron chi connectivity index (χ1n) is 7.48. The van der Waals surface area contributed by atoms with Crippen molar-refractivity contribution < 1.29 is 14.7 Å². The van der Waals surface area contributed by atoms with E-state index in [0.717, 1.165) is 25.7 Å². The fourth-order valence-corrected chi connectivity index (χ4v) is 2.64. The van der Waals surface area contributed by atoms with E-state index in [4.69, 9.17) is 0 Å². The van der Waals surface area contributed by atoms with Gasteiger partial charge in [0.1, 0.15) is 5.75 Å². The molecule has 1 aromatic rings. The van der Waals surface area contributed by atoms with Crippen LogP contribution >= 0.6 is 0 Å².